The van der Waals surface area contributed by atoms with Crippen LogP contribution >= 0.6 is 11.5 Å². The summed E-state index contributed by atoms with van der Waals surface area (Å²) >= 11 is 1.32. The molecule has 20 heavy (non-hydrogen) atoms. The zero-order valence-corrected chi connectivity index (χ0v) is 11.2. The van der Waals surface area contributed by atoms with E-state index in [2.05, 4.69) is 19.9 Å². The molecule has 0 spiro atoms. The minimum absolute atomic E-state index is 0.825. The van der Waals surface area contributed by atoms with Crippen molar-refractivity contribution in [1.29, 1.82) is 0 Å². The normalized spacial score (nSPS) is 11.0. The maximum atomic E-state index is 4.23. The fourth-order valence-corrected chi connectivity index (χ4v) is 2.78. The summed E-state index contributed by atoms with van der Waals surface area (Å²) in [6.07, 6.45) is 0. The van der Waals surface area contributed by atoms with Crippen molar-refractivity contribution < 1.29 is 0 Å². The highest BCUT2D eigenvalue weighted by Gasteiger charge is 2.15. The average Bonchev–Trinajstić information content (AvgIpc) is 3.14. The molecule has 0 fully saturated rings. The van der Waals surface area contributed by atoms with Crippen LogP contribution in [0, 0.1) is 0 Å². The molecule has 0 saturated carbocycles. The lowest BCUT2D eigenvalue weighted by molar-refractivity contribution is 0.834. The number of benzene rings is 2. The Bertz CT molecular complexity index is 865. The Balaban J connectivity index is 1.94. The molecule has 5 nitrogen and oxygen atoms in total. The van der Waals surface area contributed by atoms with Crippen molar-refractivity contribution in [1.82, 2.24) is 24.6 Å². The molecule has 96 valence electrons. The van der Waals surface area contributed by atoms with Gasteiger partial charge >= 0.3 is 0 Å². The van der Waals surface area contributed by atoms with Crippen LogP contribution in [0.15, 0.2) is 54.6 Å². The topological polar surface area (TPSA) is 56.5 Å². The first-order valence-corrected chi connectivity index (χ1v) is 6.89. The number of para-hydroxylation sites is 1. The maximum Gasteiger partial charge on any atom is 0.168 e. The summed E-state index contributed by atoms with van der Waals surface area (Å²) in [6, 6.07) is 17.8. The number of nitrogens with zero attached hydrogens (tertiary/aromatic N) is 5. The van der Waals surface area contributed by atoms with Crippen molar-refractivity contribution in [3.8, 4) is 16.3 Å². The molecule has 0 aliphatic rings. The second-order valence-electron chi connectivity index (χ2n) is 4.28. The maximum absolute atomic E-state index is 4.23. The van der Waals surface area contributed by atoms with Crippen LogP contribution in [-0.4, -0.2) is 24.6 Å². The largest absolute Gasteiger partial charge is 0.199 e. The minimum atomic E-state index is 0.825. The van der Waals surface area contributed by atoms with Crippen LogP contribution in [0.1, 0.15) is 0 Å². The van der Waals surface area contributed by atoms with Crippen LogP contribution in [0.5, 0.6) is 0 Å². The second-order valence-corrected chi connectivity index (χ2v) is 5.02. The van der Waals surface area contributed by atoms with Gasteiger partial charge in [0.2, 0.25) is 0 Å². The Labute approximate surface area is 118 Å². The second kappa shape index (κ2) is 4.50. The third kappa shape index (κ3) is 1.70. The third-order valence-corrected chi connectivity index (χ3v) is 3.76. The molecule has 0 atom stereocenters. The zero-order chi connectivity index (χ0) is 13.4. The molecule has 2 aromatic carbocycles. The van der Waals surface area contributed by atoms with E-state index in [1.807, 2.05) is 54.6 Å². The molecule has 2 heterocycles. The van der Waals surface area contributed by atoms with Gasteiger partial charge in [-0.2, -0.15) is 4.68 Å². The summed E-state index contributed by atoms with van der Waals surface area (Å²) in [5, 5.41) is 13.5. The Morgan fingerprint density at radius 1 is 0.850 bits per heavy atom. The van der Waals surface area contributed by atoms with E-state index >= 15 is 0 Å². The predicted molar refractivity (Wildman–Crippen MR) is 77.8 cm³/mol. The van der Waals surface area contributed by atoms with Crippen molar-refractivity contribution in [2.75, 3.05) is 0 Å². The molecule has 0 aliphatic heterocycles. The molecule has 0 saturated heterocycles. The molecule has 0 aliphatic carbocycles. The van der Waals surface area contributed by atoms with Gasteiger partial charge in [0, 0.05) is 17.1 Å². The molecule has 6 heteroatoms. The van der Waals surface area contributed by atoms with E-state index in [1.165, 1.54) is 11.5 Å². The van der Waals surface area contributed by atoms with Gasteiger partial charge in [-0.15, -0.1) is 10.2 Å². The van der Waals surface area contributed by atoms with Crippen molar-refractivity contribution in [3.63, 3.8) is 0 Å². The molecule has 0 radical (unpaired) electrons. The standard InChI is InChI=1S/C14H9N5S/c1-2-6-10(7-3-1)13-14(20-18-16-13)19-12-9-5-4-8-11(12)15-17-19/h1-9H. The highest BCUT2D eigenvalue weighted by atomic mass is 32.1. The van der Waals surface area contributed by atoms with Gasteiger partial charge in [0.15, 0.2) is 5.00 Å². The van der Waals surface area contributed by atoms with E-state index in [0.717, 1.165) is 27.3 Å². The molecular formula is C14H9N5S. The highest BCUT2D eigenvalue weighted by Crippen LogP contribution is 2.28. The van der Waals surface area contributed by atoms with Gasteiger partial charge in [-0.05, 0) is 12.1 Å². The van der Waals surface area contributed by atoms with E-state index in [1.54, 1.807) is 4.68 Å². The lowest BCUT2D eigenvalue weighted by Gasteiger charge is -2.01. The SMILES string of the molecule is c1ccc(-c2nnsc2-n2nnc3ccccc32)cc1. The van der Waals surface area contributed by atoms with Crippen molar-refractivity contribution >= 4 is 22.6 Å². The van der Waals surface area contributed by atoms with E-state index < -0.39 is 0 Å². The van der Waals surface area contributed by atoms with E-state index in [4.69, 9.17) is 0 Å². The predicted octanol–water partition coefficient (Wildman–Crippen LogP) is 2.94. The first kappa shape index (κ1) is 11.2. The summed E-state index contributed by atoms with van der Waals surface area (Å²) in [7, 11) is 0. The number of hydrogen-bond acceptors (Lipinski definition) is 5. The molecular weight excluding hydrogens is 270 g/mol. The van der Waals surface area contributed by atoms with Crippen LogP contribution in [0.2, 0.25) is 0 Å². The average molecular weight is 279 g/mol. The number of aromatic nitrogens is 5. The summed E-state index contributed by atoms with van der Waals surface area (Å²) in [5.41, 5.74) is 3.66. The summed E-state index contributed by atoms with van der Waals surface area (Å²) in [4.78, 5) is 0. The van der Waals surface area contributed by atoms with Gasteiger partial charge < -0.3 is 0 Å². The first-order chi connectivity index (χ1) is 9.93. The highest BCUT2D eigenvalue weighted by molar-refractivity contribution is 7.08. The lowest BCUT2D eigenvalue weighted by Crippen LogP contribution is -1.96. The smallest absolute Gasteiger partial charge is 0.168 e. The lowest BCUT2D eigenvalue weighted by atomic mass is 10.2. The molecule has 0 unspecified atom stereocenters. The fraction of sp³-hybridized carbons (Fsp3) is 0. The summed E-state index contributed by atoms with van der Waals surface area (Å²) in [5.74, 6) is 0. The Morgan fingerprint density at radius 3 is 2.55 bits per heavy atom. The van der Waals surface area contributed by atoms with Crippen LogP contribution in [-0.2, 0) is 0 Å². The molecule has 0 N–H and O–H groups in total. The van der Waals surface area contributed by atoms with Crippen LogP contribution in [0.3, 0.4) is 0 Å². The van der Waals surface area contributed by atoms with Gasteiger partial charge in [0.05, 0.1) is 5.52 Å². The van der Waals surface area contributed by atoms with Crippen molar-refractivity contribution in [2.24, 2.45) is 0 Å². The summed E-state index contributed by atoms with van der Waals surface area (Å²) in [6.45, 7) is 0. The zero-order valence-electron chi connectivity index (χ0n) is 10.3. The summed E-state index contributed by atoms with van der Waals surface area (Å²) < 4.78 is 5.86. The Morgan fingerprint density at radius 2 is 1.65 bits per heavy atom. The van der Waals surface area contributed by atoms with Crippen LogP contribution < -0.4 is 0 Å². The van der Waals surface area contributed by atoms with Crippen LogP contribution in [0.4, 0.5) is 0 Å². The molecule has 0 bridgehead atoms. The number of rotatable bonds is 2. The van der Waals surface area contributed by atoms with E-state index in [-0.39, 0.29) is 0 Å². The molecule has 2 aromatic heterocycles. The van der Waals surface area contributed by atoms with Crippen molar-refractivity contribution in [3.05, 3.63) is 54.6 Å². The van der Waals surface area contributed by atoms with Gasteiger partial charge in [0.1, 0.15) is 11.2 Å². The van der Waals surface area contributed by atoms with Crippen LogP contribution in [0.25, 0.3) is 27.3 Å². The van der Waals surface area contributed by atoms with Gasteiger partial charge in [-0.3, -0.25) is 0 Å². The van der Waals surface area contributed by atoms with E-state index in [9.17, 15) is 0 Å². The Kier molecular flexibility index (Phi) is 2.53. The molecule has 4 rings (SSSR count). The quantitative estimate of drug-likeness (QED) is 0.566. The minimum Gasteiger partial charge on any atom is -0.199 e. The molecule has 0 amide bonds. The third-order valence-electron chi connectivity index (χ3n) is 3.06. The van der Waals surface area contributed by atoms with Gasteiger partial charge in [-0.25, -0.2) is 0 Å². The Hall–Kier alpha value is -2.60. The van der Waals surface area contributed by atoms with E-state index in [0.29, 0.717) is 0 Å². The monoisotopic (exact) mass is 279 g/mol. The van der Waals surface area contributed by atoms with Gasteiger partial charge in [0.25, 0.3) is 0 Å². The fourth-order valence-electron chi connectivity index (χ4n) is 2.12. The number of fused-ring (bicyclic) bond motifs is 1. The van der Waals surface area contributed by atoms with Gasteiger partial charge in [-0.1, -0.05) is 52.2 Å². The molecule has 4 aromatic rings. The number of hydrogen-bond donors (Lipinski definition) is 0. The first-order valence-electron chi connectivity index (χ1n) is 6.12. The van der Waals surface area contributed by atoms with Crippen molar-refractivity contribution in [2.45, 2.75) is 0 Å².